The summed E-state index contributed by atoms with van der Waals surface area (Å²) in [6, 6.07) is 0. The first-order valence-corrected chi connectivity index (χ1v) is 5.48. The third kappa shape index (κ3) is 2.36. The second-order valence-electron chi connectivity index (χ2n) is 2.56. The highest BCUT2D eigenvalue weighted by atomic mass is 35.5. The van der Waals surface area contributed by atoms with Gasteiger partial charge < -0.3 is 9.29 Å². The maximum absolute atomic E-state index is 11.4. The number of hydrogen-bond donors (Lipinski definition) is 1. The number of nitrogens with zero attached hydrogens (tertiary/aromatic N) is 2. The van der Waals surface area contributed by atoms with Crippen LogP contribution in [0.4, 0.5) is 0 Å². The number of aromatic nitrogens is 2. The van der Waals surface area contributed by atoms with Crippen LogP contribution >= 0.6 is 11.6 Å². The van der Waals surface area contributed by atoms with Crippen molar-refractivity contribution in [3.05, 3.63) is 10.7 Å². The minimum Gasteiger partial charge on any atom is -0.462 e. The van der Waals surface area contributed by atoms with Crippen molar-refractivity contribution in [2.75, 3.05) is 6.61 Å². The zero-order valence-corrected chi connectivity index (χ0v) is 9.63. The fourth-order valence-corrected chi connectivity index (χ4v) is 2.01. The van der Waals surface area contributed by atoms with E-state index in [9.17, 15) is 9.00 Å². The normalized spacial score (nSPS) is 12.5. The summed E-state index contributed by atoms with van der Waals surface area (Å²) in [5, 5.41) is 3.35. The highest BCUT2D eigenvalue weighted by Crippen LogP contribution is 2.22. The van der Waals surface area contributed by atoms with Gasteiger partial charge in [-0.15, -0.1) is 0 Å². The monoisotopic (exact) mass is 252 g/mol. The maximum atomic E-state index is 11.4. The number of ether oxygens (including phenoxy) is 1. The van der Waals surface area contributed by atoms with E-state index < -0.39 is 17.0 Å². The fourth-order valence-electron chi connectivity index (χ4n) is 1.05. The molecule has 1 N–H and O–H groups in total. The van der Waals surface area contributed by atoms with Crippen molar-refractivity contribution < 1.29 is 18.3 Å². The molecule has 1 aromatic heterocycles. The number of rotatable bonds is 3. The van der Waals surface area contributed by atoms with Gasteiger partial charge in [0.15, 0.2) is 10.2 Å². The van der Waals surface area contributed by atoms with Crippen LogP contribution in [0.1, 0.15) is 17.3 Å². The molecular weight excluding hydrogens is 244 g/mol. The summed E-state index contributed by atoms with van der Waals surface area (Å²) in [7, 11) is 1.41. The van der Waals surface area contributed by atoms with E-state index in [4.69, 9.17) is 20.9 Å². The number of hydrogen-bond acceptors (Lipinski definition) is 4. The second-order valence-corrected chi connectivity index (χ2v) is 3.81. The minimum atomic E-state index is -2.34. The Bertz CT molecular complexity index is 417. The molecule has 1 unspecified atom stereocenters. The van der Waals surface area contributed by atoms with Gasteiger partial charge in [-0.2, -0.15) is 5.10 Å². The van der Waals surface area contributed by atoms with Crippen molar-refractivity contribution in [3.8, 4) is 0 Å². The molecule has 0 aliphatic rings. The van der Waals surface area contributed by atoms with Crippen molar-refractivity contribution in [3.63, 3.8) is 0 Å². The Hall–Kier alpha value is -0.920. The van der Waals surface area contributed by atoms with Gasteiger partial charge in [-0.1, -0.05) is 11.6 Å². The van der Waals surface area contributed by atoms with Crippen LogP contribution in [0, 0.1) is 0 Å². The van der Waals surface area contributed by atoms with Crippen LogP contribution in [0.15, 0.2) is 5.03 Å². The van der Waals surface area contributed by atoms with Crippen molar-refractivity contribution in [2.45, 2.75) is 11.9 Å². The molecule has 1 heterocycles. The van der Waals surface area contributed by atoms with Gasteiger partial charge in [-0.3, -0.25) is 4.68 Å². The fraction of sp³-hybridized carbons (Fsp3) is 0.429. The lowest BCUT2D eigenvalue weighted by atomic mass is 10.4. The van der Waals surface area contributed by atoms with E-state index in [1.54, 1.807) is 6.92 Å². The lowest BCUT2D eigenvalue weighted by molar-refractivity contribution is 0.0521. The molecule has 84 valence electrons. The highest BCUT2D eigenvalue weighted by molar-refractivity contribution is 7.79. The molecule has 1 atom stereocenters. The molecule has 0 saturated heterocycles. The first-order chi connectivity index (χ1) is 6.99. The molecule has 15 heavy (non-hydrogen) atoms. The predicted octanol–water partition coefficient (Wildman–Crippen LogP) is 0.831. The topological polar surface area (TPSA) is 81.4 Å². The molecule has 0 aromatic carbocycles. The average molecular weight is 253 g/mol. The molecule has 0 aliphatic carbocycles. The van der Waals surface area contributed by atoms with Crippen molar-refractivity contribution in [2.24, 2.45) is 7.05 Å². The standard InChI is InChI=1S/C7H9ClN2O4S/c1-3-14-7(11)4-5(8)9-10(2)6(4)15(12)13/h3H2,1-2H3,(H,12,13). The number of esters is 1. The number of carbonyl (C=O) groups excluding carboxylic acids is 1. The maximum Gasteiger partial charge on any atom is 0.344 e. The molecule has 0 spiro atoms. The zero-order chi connectivity index (χ0) is 11.6. The van der Waals surface area contributed by atoms with E-state index in [0.717, 1.165) is 4.68 Å². The van der Waals surface area contributed by atoms with Crippen molar-refractivity contribution in [1.82, 2.24) is 9.78 Å². The Morgan fingerprint density at radius 2 is 2.33 bits per heavy atom. The SMILES string of the molecule is CCOC(=O)c1c(Cl)nn(C)c1S(=O)O. The molecule has 0 amide bonds. The van der Waals surface area contributed by atoms with Gasteiger partial charge in [0.25, 0.3) is 0 Å². The summed E-state index contributed by atoms with van der Waals surface area (Å²) in [6.07, 6.45) is 0. The van der Waals surface area contributed by atoms with Crippen LogP contribution in [0.5, 0.6) is 0 Å². The third-order valence-electron chi connectivity index (χ3n) is 1.60. The van der Waals surface area contributed by atoms with Crippen LogP contribution in [0.25, 0.3) is 0 Å². The number of aryl methyl sites for hydroxylation is 1. The molecule has 6 nitrogen and oxygen atoms in total. The lowest BCUT2D eigenvalue weighted by Crippen LogP contribution is -2.10. The van der Waals surface area contributed by atoms with E-state index in [0.29, 0.717) is 0 Å². The Morgan fingerprint density at radius 1 is 1.73 bits per heavy atom. The molecule has 0 radical (unpaired) electrons. The third-order valence-corrected chi connectivity index (χ3v) is 2.66. The van der Waals surface area contributed by atoms with Crippen LogP contribution in [0.2, 0.25) is 5.15 Å². The molecule has 0 bridgehead atoms. The number of carbonyl (C=O) groups is 1. The first-order valence-electron chi connectivity index (χ1n) is 3.99. The van der Waals surface area contributed by atoms with E-state index in [-0.39, 0.29) is 22.3 Å². The van der Waals surface area contributed by atoms with Gasteiger partial charge in [0.1, 0.15) is 5.56 Å². The van der Waals surface area contributed by atoms with Crippen LogP contribution < -0.4 is 0 Å². The molecule has 1 rings (SSSR count). The Balaban J connectivity index is 3.26. The summed E-state index contributed by atoms with van der Waals surface area (Å²) >= 11 is 3.31. The summed E-state index contributed by atoms with van der Waals surface area (Å²) in [5.74, 6) is -0.756. The average Bonchev–Trinajstić information content (AvgIpc) is 2.41. The summed E-state index contributed by atoms with van der Waals surface area (Å²) in [4.78, 5) is 11.4. The van der Waals surface area contributed by atoms with Crippen molar-refractivity contribution >= 4 is 28.7 Å². The van der Waals surface area contributed by atoms with Gasteiger partial charge in [0, 0.05) is 7.05 Å². The lowest BCUT2D eigenvalue weighted by Gasteiger charge is -2.01. The van der Waals surface area contributed by atoms with E-state index in [1.807, 2.05) is 0 Å². The molecule has 0 saturated carbocycles. The summed E-state index contributed by atoms with van der Waals surface area (Å²) < 4.78 is 25.7. The summed E-state index contributed by atoms with van der Waals surface area (Å²) in [5.41, 5.74) is -0.165. The molecular formula is C7H9ClN2O4S. The summed E-state index contributed by atoms with van der Waals surface area (Å²) in [6.45, 7) is 1.78. The highest BCUT2D eigenvalue weighted by Gasteiger charge is 2.26. The molecule has 1 aromatic rings. The quantitative estimate of drug-likeness (QED) is 0.637. The van der Waals surface area contributed by atoms with Gasteiger partial charge >= 0.3 is 5.97 Å². The van der Waals surface area contributed by atoms with Crippen LogP contribution in [0.3, 0.4) is 0 Å². The number of halogens is 1. The Kier molecular flexibility index (Phi) is 3.83. The van der Waals surface area contributed by atoms with E-state index in [2.05, 4.69) is 5.10 Å². The molecule has 0 fully saturated rings. The minimum absolute atomic E-state index is 0.145. The predicted molar refractivity (Wildman–Crippen MR) is 53.2 cm³/mol. The van der Waals surface area contributed by atoms with Crippen LogP contribution in [-0.2, 0) is 22.9 Å². The van der Waals surface area contributed by atoms with Crippen LogP contribution in [-0.4, -0.2) is 31.1 Å². The van der Waals surface area contributed by atoms with Gasteiger partial charge in [0.2, 0.25) is 11.1 Å². The van der Waals surface area contributed by atoms with Gasteiger partial charge in [-0.05, 0) is 6.92 Å². The van der Waals surface area contributed by atoms with E-state index >= 15 is 0 Å². The molecule has 0 aliphatic heterocycles. The van der Waals surface area contributed by atoms with Gasteiger partial charge in [0.05, 0.1) is 6.61 Å². The van der Waals surface area contributed by atoms with Gasteiger partial charge in [-0.25, -0.2) is 9.00 Å². The Labute approximate surface area is 93.5 Å². The first kappa shape index (κ1) is 12.2. The largest absolute Gasteiger partial charge is 0.462 e. The zero-order valence-electron chi connectivity index (χ0n) is 8.06. The second kappa shape index (κ2) is 4.73. The van der Waals surface area contributed by atoms with E-state index in [1.165, 1.54) is 7.05 Å². The smallest absolute Gasteiger partial charge is 0.344 e. The molecule has 8 heteroatoms. The van der Waals surface area contributed by atoms with Crippen molar-refractivity contribution in [1.29, 1.82) is 0 Å². The Morgan fingerprint density at radius 3 is 2.80 bits per heavy atom.